The van der Waals surface area contributed by atoms with E-state index in [0.29, 0.717) is 30.1 Å². The molecule has 1 atom stereocenters. The Labute approximate surface area is 120 Å². The Bertz CT molecular complexity index is 616. The average Bonchev–Trinajstić information content (AvgIpc) is 2.95. The van der Waals surface area contributed by atoms with Gasteiger partial charge in [0.1, 0.15) is 0 Å². The molecule has 2 aromatic rings. The zero-order valence-corrected chi connectivity index (χ0v) is 11.3. The van der Waals surface area contributed by atoms with Crippen LogP contribution >= 0.6 is 0 Å². The van der Waals surface area contributed by atoms with Crippen LogP contribution < -0.4 is 0 Å². The number of nitrogens with zero attached hydrogens (tertiary/aromatic N) is 4. The van der Waals surface area contributed by atoms with Crippen molar-refractivity contribution in [2.45, 2.75) is 6.10 Å². The molecule has 2 N–H and O–H groups in total. The summed E-state index contributed by atoms with van der Waals surface area (Å²) in [7, 11) is 0. The van der Waals surface area contributed by atoms with Crippen molar-refractivity contribution in [1.82, 2.24) is 25.5 Å². The molecule has 0 radical (unpaired) electrons. The molecule has 0 bridgehead atoms. The van der Waals surface area contributed by atoms with Gasteiger partial charge in [-0.25, -0.2) is 0 Å². The molecule has 8 nitrogen and oxygen atoms in total. The van der Waals surface area contributed by atoms with E-state index in [0.717, 1.165) is 0 Å². The highest BCUT2D eigenvalue weighted by molar-refractivity contribution is 6.00. The minimum atomic E-state index is -0.672. The van der Waals surface area contributed by atoms with Crippen molar-refractivity contribution in [2.75, 3.05) is 26.3 Å². The van der Waals surface area contributed by atoms with Gasteiger partial charge in [0.25, 0.3) is 5.91 Å². The fraction of sp³-hybridized carbons (Fsp3) is 0.385. The fourth-order valence-electron chi connectivity index (χ4n) is 2.29. The van der Waals surface area contributed by atoms with Gasteiger partial charge in [0, 0.05) is 18.7 Å². The first-order chi connectivity index (χ1) is 10.3. The maximum atomic E-state index is 12.7. The van der Waals surface area contributed by atoms with E-state index < -0.39 is 6.10 Å². The third-order valence-corrected chi connectivity index (χ3v) is 3.28. The van der Waals surface area contributed by atoms with Gasteiger partial charge in [-0.1, -0.05) is 18.2 Å². The van der Waals surface area contributed by atoms with Crippen molar-refractivity contribution in [3.63, 3.8) is 0 Å². The van der Waals surface area contributed by atoms with Crippen LogP contribution in [-0.4, -0.2) is 68.9 Å². The van der Waals surface area contributed by atoms with Gasteiger partial charge in [-0.05, 0) is 11.3 Å². The molecule has 2 heterocycles. The highest BCUT2D eigenvalue weighted by atomic mass is 16.5. The summed E-state index contributed by atoms with van der Waals surface area (Å²) in [5.74, 6) is 0.186. The van der Waals surface area contributed by atoms with Crippen molar-refractivity contribution in [1.29, 1.82) is 0 Å². The average molecular weight is 289 g/mol. The van der Waals surface area contributed by atoms with Crippen LogP contribution in [0.3, 0.4) is 0 Å². The number of hydrogen-bond donors (Lipinski definition) is 2. The van der Waals surface area contributed by atoms with Crippen LogP contribution in [0.2, 0.25) is 0 Å². The van der Waals surface area contributed by atoms with Gasteiger partial charge < -0.3 is 14.7 Å². The first-order valence-corrected chi connectivity index (χ1v) is 6.63. The lowest BCUT2D eigenvalue weighted by atomic mass is 10.1. The molecule has 0 saturated carbocycles. The number of aliphatic hydroxyl groups is 1. The quantitative estimate of drug-likeness (QED) is 0.786. The van der Waals surface area contributed by atoms with E-state index in [1.54, 1.807) is 23.1 Å². The lowest BCUT2D eigenvalue weighted by Crippen LogP contribution is -2.38. The lowest BCUT2D eigenvalue weighted by molar-refractivity contribution is 0.0534. The number of carbonyl (C=O) groups is 1. The Morgan fingerprint density at radius 1 is 1.43 bits per heavy atom. The SMILES string of the molecule is O=C(c1ccccc1-c1nn[nH]n1)N1CCOCC(O)C1. The third-order valence-electron chi connectivity index (χ3n) is 3.28. The molecule has 3 rings (SSSR count). The number of amides is 1. The Balaban J connectivity index is 1.91. The second kappa shape index (κ2) is 5.98. The number of H-pyrrole nitrogens is 1. The summed E-state index contributed by atoms with van der Waals surface area (Å²) >= 11 is 0. The van der Waals surface area contributed by atoms with Crippen LogP contribution in [0.4, 0.5) is 0 Å². The van der Waals surface area contributed by atoms with Gasteiger partial charge in [0.2, 0.25) is 5.82 Å². The summed E-state index contributed by atoms with van der Waals surface area (Å²) in [6, 6.07) is 7.07. The molecule has 21 heavy (non-hydrogen) atoms. The van der Waals surface area contributed by atoms with E-state index in [2.05, 4.69) is 20.6 Å². The normalized spacial score (nSPS) is 19.3. The maximum Gasteiger partial charge on any atom is 0.254 e. The van der Waals surface area contributed by atoms with Crippen molar-refractivity contribution in [3.05, 3.63) is 29.8 Å². The number of β-amino-alcohol motifs (C(OH)–C–C–N with tert-alkyl or cyclic N) is 1. The second-order valence-electron chi connectivity index (χ2n) is 4.76. The molecule has 1 fully saturated rings. The third kappa shape index (κ3) is 2.91. The van der Waals surface area contributed by atoms with Crippen LogP contribution in [0.1, 0.15) is 10.4 Å². The van der Waals surface area contributed by atoms with Crippen LogP contribution in [0.5, 0.6) is 0 Å². The number of hydrogen-bond acceptors (Lipinski definition) is 6. The van der Waals surface area contributed by atoms with Crippen LogP contribution in [0, 0.1) is 0 Å². The summed E-state index contributed by atoms with van der Waals surface area (Å²) < 4.78 is 5.24. The topological polar surface area (TPSA) is 104 Å². The Morgan fingerprint density at radius 2 is 2.29 bits per heavy atom. The largest absolute Gasteiger partial charge is 0.389 e. The highest BCUT2D eigenvalue weighted by Crippen LogP contribution is 2.21. The number of ether oxygens (including phenoxy) is 1. The minimum Gasteiger partial charge on any atom is -0.389 e. The predicted molar refractivity (Wildman–Crippen MR) is 72.3 cm³/mol. The Morgan fingerprint density at radius 3 is 3.10 bits per heavy atom. The molecular weight excluding hydrogens is 274 g/mol. The van der Waals surface area contributed by atoms with Crippen LogP contribution in [0.15, 0.2) is 24.3 Å². The number of aromatic nitrogens is 4. The van der Waals surface area contributed by atoms with Crippen molar-refractivity contribution < 1.29 is 14.6 Å². The van der Waals surface area contributed by atoms with Crippen molar-refractivity contribution >= 4 is 5.91 Å². The lowest BCUT2D eigenvalue weighted by Gasteiger charge is -2.22. The first-order valence-electron chi connectivity index (χ1n) is 6.63. The second-order valence-corrected chi connectivity index (χ2v) is 4.76. The van der Waals surface area contributed by atoms with Crippen molar-refractivity contribution in [3.8, 4) is 11.4 Å². The van der Waals surface area contributed by atoms with Crippen LogP contribution in [0.25, 0.3) is 11.4 Å². The monoisotopic (exact) mass is 289 g/mol. The van der Waals surface area contributed by atoms with E-state index in [-0.39, 0.29) is 19.1 Å². The van der Waals surface area contributed by atoms with Gasteiger partial charge in [-0.2, -0.15) is 5.21 Å². The summed E-state index contributed by atoms with van der Waals surface area (Å²) in [5, 5.41) is 23.5. The number of carbonyl (C=O) groups excluding carboxylic acids is 1. The molecule has 0 spiro atoms. The van der Waals surface area contributed by atoms with E-state index in [9.17, 15) is 9.90 Å². The molecule has 110 valence electrons. The molecule has 0 aliphatic carbocycles. The van der Waals surface area contributed by atoms with Gasteiger partial charge >= 0.3 is 0 Å². The highest BCUT2D eigenvalue weighted by Gasteiger charge is 2.24. The van der Waals surface area contributed by atoms with Gasteiger partial charge in [-0.3, -0.25) is 4.79 Å². The van der Waals surface area contributed by atoms with E-state index in [1.165, 1.54) is 0 Å². The number of nitrogens with one attached hydrogen (secondary N) is 1. The summed E-state index contributed by atoms with van der Waals surface area (Å²) in [4.78, 5) is 14.3. The standard InChI is InChI=1S/C13H15N5O3/c19-9-7-18(5-6-21-8-9)13(20)11-4-2-1-3-10(11)12-14-16-17-15-12/h1-4,9,19H,5-8H2,(H,14,15,16,17). The molecule has 8 heteroatoms. The predicted octanol–water partition coefficient (Wildman–Crippen LogP) is -0.300. The van der Waals surface area contributed by atoms with Gasteiger partial charge in [-0.15, -0.1) is 10.2 Å². The Hall–Kier alpha value is -2.32. The molecule has 1 aliphatic rings. The maximum absolute atomic E-state index is 12.7. The Kier molecular flexibility index (Phi) is 3.89. The number of tetrazole rings is 1. The van der Waals surface area contributed by atoms with Crippen molar-refractivity contribution in [2.24, 2.45) is 0 Å². The first kappa shape index (κ1) is 13.7. The molecule has 1 aliphatic heterocycles. The number of aromatic amines is 1. The van der Waals surface area contributed by atoms with E-state index >= 15 is 0 Å². The fourth-order valence-corrected chi connectivity index (χ4v) is 2.29. The molecule has 1 aromatic heterocycles. The molecular formula is C13H15N5O3. The summed E-state index contributed by atoms with van der Waals surface area (Å²) in [6.45, 7) is 1.35. The zero-order valence-electron chi connectivity index (χ0n) is 11.3. The van der Waals surface area contributed by atoms with Crippen LogP contribution in [-0.2, 0) is 4.74 Å². The summed E-state index contributed by atoms with van der Waals surface area (Å²) in [5.41, 5.74) is 1.09. The number of rotatable bonds is 2. The zero-order chi connectivity index (χ0) is 14.7. The van der Waals surface area contributed by atoms with Gasteiger partial charge in [0.15, 0.2) is 0 Å². The minimum absolute atomic E-state index is 0.181. The van der Waals surface area contributed by atoms with E-state index in [1.807, 2.05) is 6.07 Å². The molecule has 1 aromatic carbocycles. The number of aliphatic hydroxyl groups excluding tert-OH is 1. The molecule has 1 amide bonds. The molecule has 1 saturated heterocycles. The van der Waals surface area contributed by atoms with E-state index in [4.69, 9.17) is 4.74 Å². The number of benzene rings is 1. The molecule has 1 unspecified atom stereocenters. The van der Waals surface area contributed by atoms with Gasteiger partial charge in [0.05, 0.1) is 24.9 Å². The smallest absolute Gasteiger partial charge is 0.254 e. The summed E-state index contributed by atoms with van der Waals surface area (Å²) in [6.07, 6.45) is -0.672.